The maximum atomic E-state index is 10.7. The van der Waals surface area contributed by atoms with Gasteiger partial charge in [0.2, 0.25) is 0 Å². The number of nitrogens with two attached hydrogens (primary N) is 1. The van der Waals surface area contributed by atoms with Gasteiger partial charge in [-0.05, 0) is 31.9 Å². The van der Waals surface area contributed by atoms with E-state index in [9.17, 15) is 5.11 Å². The third kappa shape index (κ3) is 4.78. The van der Waals surface area contributed by atoms with Crippen LogP contribution in [0.1, 0.15) is 31.7 Å². The van der Waals surface area contributed by atoms with E-state index in [1.807, 2.05) is 13.0 Å². The molecule has 0 aliphatic carbocycles. The lowest BCUT2D eigenvalue weighted by atomic mass is 9.91. The maximum absolute atomic E-state index is 10.7. The Morgan fingerprint density at radius 3 is 2.84 bits per heavy atom. The minimum Gasteiger partial charge on any atom is -0.492 e. The van der Waals surface area contributed by atoms with E-state index >= 15 is 0 Å². The number of rotatable bonds is 9. The van der Waals surface area contributed by atoms with Crippen molar-refractivity contribution in [2.45, 2.75) is 31.8 Å². The summed E-state index contributed by atoms with van der Waals surface area (Å²) in [5.74, 6) is 0.668. The van der Waals surface area contributed by atoms with E-state index in [4.69, 9.17) is 15.2 Å². The number of aliphatic hydroxyl groups is 1. The van der Waals surface area contributed by atoms with Gasteiger partial charge in [-0.15, -0.1) is 0 Å². The Hall–Kier alpha value is -1.17. The molecule has 0 saturated carbocycles. The van der Waals surface area contributed by atoms with Crippen molar-refractivity contribution in [2.24, 2.45) is 5.73 Å². The summed E-state index contributed by atoms with van der Waals surface area (Å²) in [5.41, 5.74) is 5.16. The Bertz CT molecular complexity index is 373. The van der Waals surface area contributed by atoms with Crippen LogP contribution in [0.25, 0.3) is 0 Å². The Balaban J connectivity index is 2.88. The van der Waals surface area contributed by atoms with E-state index in [0.29, 0.717) is 30.9 Å². The standard InChI is InChI=1S/C14H24N2O3/c1-3-7-19-13-8-12(9-16-10-13)14(17,11-18-2)5-4-6-15/h8-10,17H,3-7,11,15H2,1-2H3. The van der Waals surface area contributed by atoms with Crippen molar-refractivity contribution in [1.29, 1.82) is 0 Å². The molecule has 0 aliphatic heterocycles. The summed E-state index contributed by atoms with van der Waals surface area (Å²) >= 11 is 0. The predicted octanol–water partition coefficient (Wildman–Crippen LogP) is 1.44. The first-order valence-electron chi connectivity index (χ1n) is 6.66. The zero-order chi connectivity index (χ0) is 14.1. The molecule has 3 N–H and O–H groups in total. The van der Waals surface area contributed by atoms with Crippen LogP contribution >= 0.6 is 0 Å². The summed E-state index contributed by atoms with van der Waals surface area (Å²) in [5, 5.41) is 10.7. The molecule has 0 radical (unpaired) electrons. The molecule has 1 atom stereocenters. The summed E-state index contributed by atoms with van der Waals surface area (Å²) in [7, 11) is 1.57. The first-order chi connectivity index (χ1) is 9.16. The van der Waals surface area contributed by atoms with E-state index in [1.165, 1.54) is 0 Å². The molecule has 1 rings (SSSR count). The van der Waals surface area contributed by atoms with E-state index in [2.05, 4.69) is 4.98 Å². The summed E-state index contributed by atoms with van der Waals surface area (Å²) in [6, 6.07) is 1.82. The van der Waals surface area contributed by atoms with Crippen LogP contribution in [0, 0.1) is 0 Å². The smallest absolute Gasteiger partial charge is 0.137 e. The van der Waals surface area contributed by atoms with Crippen LogP contribution in [-0.4, -0.2) is 37.0 Å². The normalized spacial score (nSPS) is 14.1. The van der Waals surface area contributed by atoms with Gasteiger partial charge >= 0.3 is 0 Å². The molecular weight excluding hydrogens is 244 g/mol. The van der Waals surface area contributed by atoms with Crippen LogP contribution in [0.4, 0.5) is 0 Å². The van der Waals surface area contributed by atoms with Crippen LogP contribution in [0.5, 0.6) is 5.75 Å². The lowest BCUT2D eigenvalue weighted by molar-refractivity contribution is -0.0433. The van der Waals surface area contributed by atoms with Gasteiger partial charge in [0.05, 0.1) is 19.4 Å². The first-order valence-corrected chi connectivity index (χ1v) is 6.66. The van der Waals surface area contributed by atoms with E-state index in [-0.39, 0.29) is 6.61 Å². The van der Waals surface area contributed by atoms with Crippen molar-refractivity contribution in [2.75, 3.05) is 26.9 Å². The van der Waals surface area contributed by atoms with Crippen LogP contribution in [0.2, 0.25) is 0 Å². The molecule has 1 aromatic heterocycles. The summed E-state index contributed by atoms with van der Waals surface area (Å²) < 4.78 is 10.7. The van der Waals surface area contributed by atoms with Crippen LogP contribution in [-0.2, 0) is 10.3 Å². The quantitative estimate of drug-likeness (QED) is 0.708. The highest BCUT2D eigenvalue weighted by molar-refractivity contribution is 5.28. The number of ether oxygens (including phenoxy) is 2. The molecule has 5 heteroatoms. The topological polar surface area (TPSA) is 77.6 Å². The van der Waals surface area contributed by atoms with Gasteiger partial charge in [0.15, 0.2) is 0 Å². The van der Waals surface area contributed by atoms with Crippen molar-refractivity contribution >= 4 is 0 Å². The zero-order valence-corrected chi connectivity index (χ0v) is 11.8. The second-order valence-corrected chi connectivity index (χ2v) is 4.61. The molecule has 1 aromatic rings. The first kappa shape index (κ1) is 15.9. The highest BCUT2D eigenvalue weighted by Crippen LogP contribution is 2.28. The monoisotopic (exact) mass is 268 g/mol. The van der Waals surface area contributed by atoms with Crippen molar-refractivity contribution in [3.63, 3.8) is 0 Å². The summed E-state index contributed by atoms with van der Waals surface area (Å²) in [4.78, 5) is 4.12. The van der Waals surface area contributed by atoms with E-state index in [0.717, 1.165) is 12.8 Å². The minimum atomic E-state index is -1.06. The van der Waals surface area contributed by atoms with Crippen molar-refractivity contribution < 1.29 is 14.6 Å². The molecule has 0 bridgehead atoms. The molecule has 0 aromatic carbocycles. The van der Waals surface area contributed by atoms with E-state index < -0.39 is 5.60 Å². The second kappa shape index (κ2) is 8.09. The number of methoxy groups -OCH3 is 1. The van der Waals surface area contributed by atoms with Crippen LogP contribution in [0.3, 0.4) is 0 Å². The fourth-order valence-corrected chi connectivity index (χ4v) is 1.91. The Labute approximate surface area is 114 Å². The molecular formula is C14H24N2O3. The number of pyridine rings is 1. The Morgan fingerprint density at radius 2 is 2.21 bits per heavy atom. The average Bonchev–Trinajstić information content (AvgIpc) is 2.43. The number of nitrogens with zero attached hydrogens (tertiary/aromatic N) is 1. The van der Waals surface area contributed by atoms with E-state index in [1.54, 1.807) is 19.5 Å². The van der Waals surface area contributed by atoms with Crippen LogP contribution < -0.4 is 10.5 Å². The molecule has 0 saturated heterocycles. The Morgan fingerprint density at radius 1 is 1.42 bits per heavy atom. The molecule has 1 unspecified atom stereocenters. The van der Waals surface area contributed by atoms with Crippen molar-refractivity contribution in [3.8, 4) is 5.75 Å². The fourth-order valence-electron chi connectivity index (χ4n) is 1.91. The molecule has 0 spiro atoms. The largest absolute Gasteiger partial charge is 0.492 e. The van der Waals surface area contributed by atoms with Gasteiger partial charge < -0.3 is 20.3 Å². The van der Waals surface area contributed by atoms with Gasteiger partial charge in [-0.1, -0.05) is 6.92 Å². The van der Waals surface area contributed by atoms with Gasteiger partial charge in [0.25, 0.3) is 0 Å². The summed E-state index contributed by atoms with van der Waals surface area (Å²) in [6.45, 7) is 3.42. The SMILES string of the molecule is CCCOc1cncc(C(O)(CCCN)COC)c1. The lowest BCUT2D eigenvalue weighted by Crippen LogP contribution is -2.32. The predicted molar refractivity (Wildman–Crippen MR) is 74.1 cm³/mol. The van der Waals surface area contributed by atoms with Gasteiger partial charge in [-0.25, -0.2) is 0 Å². The molecule has 0 fully saturated rings. The molecule has 108 valence electrons. The fraction of sp³-hybridized carbons (Fsp3) is 0.643. The highest BCUT2D eigenvalue weighted by Gasteiger charge is 2.29. The third-order valence-electron chi connectivity index (χ3n) is 2.90. The average molecular weight is 268 g/mol. The second-order valence-electron chi connectivity index (χ2n) is 4.61. The van der Waals surface area contributed by atoms with Crippen LogP contribution in [0.15, 0.2) is 18.5 Å². The molecule has 19 heavy (non-hydrogen) atoms. The van der Waals surface area contributed by atoms with Gasteiger partial charge in [0, 0.05) is 18.9 Å². The molecule has 0 aliphatic rings. The van der Waals surface area contributed by atoms with Gasteiger partial charge in [-0.3, -0.25) is 4.98 Å². The maximum Gasteiger partial charge on any atom is 0.137 e. The van der Waals surface area contributed by atoms with Crippen molar-refractivity contribution in [1.82, 2.24) is 4.98 Å². The molecule has 1 heterocycles. The zero-order valence-electron chi connectivity index (χ0n) is 11.8. The minimum absolute atomic E-state index is 0.214. The lowest BCUT2D eigenvalue weighted by Gasteiger charge is -2.27. The number of aromatic nitrogens is 1. The van der Waals surface area contributed by atoms with Gasteiger partial charge in [-0.2, -0.15) is 0 Å². The number of hydrogen-bond donors (Lipinski definition) is 2. The third-order valence-corrected chi connectivity index (χ3v) is 2.90. The molecule has 5 nitrogen and oxygen atoms in total. The Kier molecular flexibility index (Phi) is 6.77. The summed E-state index contributed by atoms with van der Waals surface area (Å²) in [6.07, 6.45) is 5.49. The molecule has 0 amide bonds. The number of hydrogen-bond acceptors (Lipinski definition) is 5. The van der Waals surface area contributed by atoms with Gasteiger partial charge in [0.1, 0.15) is 11.4 Å². The van der Waals surface area contributed by atoms with Crippen molar-refractivity contribution in [3.05, 3.63) is 24.0 Å². The highest BCUT2D eigenvalue weighted by atomic mass is 16.5.